The molecule has 0 spiro atoms. The second-order valence-electron chi connectivity index (χ2n) is 4.68. The molecule has 104 valence electrons. The second-order valence-corrected chi connectivity index (χ2v) is 4.68. The molecule has 0 bridgehead atoms. The van der Waals surface area contributed by atoms with Crippen molar-refractivity contribution in [3.8, 4) is 0 Å². The molecule has 1 saturated heterocycles. The summed E-state index contributed by atoms with van der Waals surface area (Å²) in [5.41, 5.74) is -1.44. The highest BCUT2D eigenvalue weighted by molar-refractivity contribution is 5.74. The molecule has 0 saturated carbocycles. The largest absolute Gasteiger partial charge is 0.481 e. The Balaban J connectivity index is 2.37. The van der Waals surface area contributed by atoms with Gasteiger partial charge in [0.25, 0.3) is 0 Å². The molecule has 0 radical (unpaired) electrons. The summed E-state index contributed by atoms with van der Waals surface area (Å²) < 4.78 is 5.22. The zero-order valence-corrected chi connectivity index (χ0v) is 10.5. The number of carboxylic acid groups (broad SMARTS) is 1. The molecule has 1 heterocycles. The van der Waals surface area contributed by atoms with Gasteiger partial charge >= 0.3 is 12.0 Å². The van der Waals surface area contributed by atoms with Crippen LogP contribution in [0.5, 0.6) is 0 Å². The number of aliphatic hydroxyl groups is 1. The molecule has 0 aromatic rings. The average Bonchev–Trinajstić information content (AvgIpc) is 2.52. The molecule has 0 aliphatic carbocycles. The van der Waals surface area contributed by atoms with E-state index in [4.69, 9.17) is 9.84 Å². The number of hydrogen-bond donors (Lipinski definition) is 3. The van der Waals surface area contributed by atoms with Crippen LogP contribution in [0, 0.1) is 0 Å². The lowest BCUT2D eigenvalue weighted by atomic mass is 10.0. The van der Waals surface area contributed by atoms with E-state index in [0.29, 0.717) is 26.3 Å². The number of urea groups is 1. The lowest BCUT2D eigenvalue weighted by Crippen LogP contribution is -2.48. The van der Waals surface area contributed by atoms with E-state index in [1.54, 1.807) is 4.90 Å². The fourth-order valence-corrected chi connectivity index (χ4v) is 1.72. The van der Waals surface area contributed by atoms with Gasteiger partial charge < -0.3 is 25.2 Å². The van der Waals surface area contributed by atoms with Gasteiger partial charge in [-0.05, 0) is 13.3 Å². The van der Waals surface area contributed by atoms with Crippen molar-refractivity contribution in [2.45, 2.75) is 25.4 Å². The molecule has 7 nitrogen and oxygen atoms in total. The quantitative estimate of drug-likeness (QED) is 0.641. The summed E-state index contributed by atoms with van der Waals surface area (Å²) in [5, 5.41) is 20.9. The molecule has 0 aromatic carbocycles. The first-order chi connectivity index (χ1) is 8.41. The Hall–Kier alpha value is -1.34. The van der Waals surface area contributed by atoms with Crippen LogP contribution in [-0.2, 0) is 9.53 Å². The number of aliphatic carboxylic acids is 1. The van der Waals surface area contributed by atoms with E-state index in [1.165, 1.54) is 6.92 Å². The SMILES string of the molecule is CC(O)(CNC(=O)N1CCCOCC1)CC(=O)O. The van der Waals surface area contributed by atoms with Gasteiger partial charge in [0.15, 0.2) is 0 Å². The minimum Gasteiger partial charge on any atom is -0.481 e. The fourth-order valence-electron chi connectivity index (χ4n) is 1.72. The van der Waals surface area contributed by atoms with Gasteiger partial charge in [0.1, 0.15) is 0 Å². The third kappa shape index (κ3) is 5.33. The van der Waals surface area contributed by atoms with Crippen molar-refractivity contribution < 1.29 is 24.5 Å². The molecule has 2 amide bonds. The lowest BCUT2D eigenvalue weighted by Gasteiger charge is -2.25. The van der Waals surface area contributed by atoms with E-state index >= 15 is 0 Å². The summed E-state index contributed by atoms with van der Waals surface area (Å²) in [7, 11) is 0. The lowest BCUT2D eigenvalue weighted by molar-refractivity contribution is -0.141. The first-order valence-corrected chi connectivity index (χ1v) is 5.95. The first-order valence-electron chi connectivity index (χ1n) is 5.95. The number of carboxylic acids is 1. The van der Waals surface area contributed by atoms with Gasteiger partial charge in [-0.15, -0.1) is 0 Å². The van der Waals surface area contributed by atoms with Gasteiger partial charge in [-0.25, -0.2) is 4.79 Å². The summed E-state index contributed by atoms with van der Waals surface area (Å²) in [5.74, 6) is -1.10. The molecule has 1 rings (SSSR count). The highest BCUT2D eigenvalue weighted by Crippen LogP contribution is 2.08. The van der Waals surface area contributed by atoms with Crippen LogP contribution in [0.4, 0.5) is 4.79 Å². The first kappa shape index (κ1) is 14.7. The maximum atomic E-state index is 11.8. The predicted octanol–water partition coefficient (Wildman–Crippen LogP) is -0.356. The van der Waals surface area contributed by atoms with Crippen molar-refractivity contribution in [2.24, 2.45) is 0 Å². The van der Waals surface area contributed by atoms with Crippen molar-refractivity contribution in [1.82, 2.24) is 10.2 Å². The smallest absolute Gasteiger partial charge is 0.317 e. The summed E-state index contributed by atoms with van der Waals surface area (Å²) >= 11 is 0. The number of nitrogens with zero attached hydrogens (tertiary/aromatic N) is 1. The van der Waals surface area contributed by atoms with Crippen molar-refractivity contribution in [3.63, 3.8) is 0 Å². The van der Waals surface area contributed by atoms with Crippen LogP contribution in [0.1, 0.15) is 19.8 Å². The Bertz CT molecular complexity index is 298. The normalized spacial score (nSPS) is 19.8. The third-order valence-electron chi connectivity index (χ3n) is 2.66. The number of carbonyl (C=O) groups excluding carboxylic acids is 1. The van der Waals surface area contributed by atoms with E-state index in [9.17, 15) is 14.7 Å². The number of nitrogens with one attached hydrogen (secondary N) is 1. The topological polar surface area (TPSA) is 99.1 Å². The van der Waals surface area contributed by atoms with Gasteiger partial charge in [0.2, 0.25) is 0 Å². The van der Waals surface area contributed by atoms with Crippen LogP contribution in [0.3, 0.4) is 0 Å². The van der Waals surface area contributed by atoms with Crippen molar-refractivity contribution in [3.05, 3.63) is 0 Å². The summed E-state index contributed by atoms with van der Waals surface area (Å²) in [6.45, 7) is 3.54. The fraction of sp³-hybridized carbons (Fsp3) is 0.818. The zero-order chi connectivity index (χ0) is 13.6. The highest BCUT2D eigenvalue weighted by Gasteiger charge is 2.26. The van der Waals surface area contributed by atoms with E-state index < -0.39 is 18.0 Å². The summed E-state index contributed by atoms with van der Waals surface area (Å²) in [6, 6.07) is -0.300. The van der Waals surface area contributed by atoms with Gasteiger partial charge in [-0.1, -0.05) is 0 Å². The predicted molar refractivity (Wildman–Crippen MR) is 63.3 cm³/mol. The number of hydrogen-bond acceptors (Lipinski definition) is 4. The number of amides is 2. The summed E-state index contributed by atoms with van der Waals surface area (Å²) in [6.07, 6.45) is 0.370. The van der Waals surface area contributed by atoms with E-state index in [-0.39, 0.29) is 12.6 Å². The van der Waals surface area contributed by atoms with Crippen LogP contribution in [0.15, 0.2) is 0 Å². The molecule has 3 N–H and O–H groups in total. The molecule has 0 aromatic heterocycles. The molecule has 18 heavy (non-hydrogen) atoms. The number of ether oxygens (including phenoxy) is 1. The highest BCUT2D eigenvalue weighted by atomic mass is 16.5. The Morgan fingerprint density at radius 2 is 2.11 bits per heavy atom. The molecular weight excluding hydrogens is 240 g/mol. The molecule has 1 unspecified atom stereocenters. The van der Waals surface area contributed by atoms with Gasteiger partial charge in [-0.2, -0.15) is 0 Å². The van der Waals surface area contributed by atoms with Gasteiger partial charge in [0.05, 0.1) is 18.6 Å². The standard InChI is InChI=1S/C11H20N2O5/c1-11(17,7-9(14)15)8-12-10(16)13-3-2-5-18-6-4-13/h17H,2-8H2,1H3,(H,12,16)(H,14,15). The average molecular weight is 260 g/mol. The Morgan fingerprint density at radius 1 is 1.39 bits per heavy atom. The molecule has 1 atom stereocenters. The zero-order valence-electron chi connectivity index (χ0n) is 10.5. The molecule has 1 aliphatic rings. The Morgan fingerprint density at radius 3 is 2.78 bits per heavy atom. The van der Waals surface area contributed by atoms with E-state index in [2.05, 4.69) is 5.32 Å². The second kappa shape index (κ2) is 6.55. The van der Waals surface area contributed by atoms with Crippen LogP contribution in [-0.4, -0.2) is 65.6 Å². The molecule has 1 aliphatic heterocycles. The Labute approximate surface area is 106 Å². The van der Waals surface area contributed by atoms with E-state index in [0.717, 1.165) is 6.42 Å². The number of carbonyl (C=O) groups is 2. The van der Waals surface area contributed by atoms with Crippen molar-refractivity contribution in [1.29, 1.82) is 0 Å². The molecular formula is C11H20N2O5. The van der Waals surface area contributed by atoms with Gasteiger partial charge in [-0.3, -0.25) is 4.79 Å². The minimum absolute atomic E-state index is 0.0878. The number of rotatable bonds is 4. The van der Waals surface area contributed by atoms with Crippen molar-refractivity contribution >= 4 is 12.0 Å². The van der Waals surface area contributed by atoms with Crippen LogP contribution in [0.25, 0.3) is 0 Å². The Kier molecular flexibility index (Phi) is 5.36. The van der Waals surface area contributed by atoms with Crippen LogP contribution >= 0.6 is 0 Å². The molecule has 1 fully saturated rings. The van der Waals surface area contributed by atoms with Crippen molar-refractivity contribution in [2.75, 3.05) is 32.8 Å². The third-order valence-corrected chi connectivity index (χ3v) is 2.66. The van der Waals surface area contributed by atoms with E-state index in [1.807, 2.05) is 0 Å². The minimum atomic E-state index is -1.44. The van der Waals surface area contributed by atoms with Gasteiger partial charge in [0, 0.05) is 26.2 Å². The summed E-state index contributed by atoms with van der Waals surface area (Å²) in [4.78, 5) is 23.9. The molecule has 7 heteroatoms. The van der Waals surface area contributed by atoms with Crippen LogP contribution in [0.2, 0.25) is 0 Å². The van der Waals surface area contributed by atoms with Crippen LogP contribution < -0.4 is 5.32 Å². The monoisotopic (exact) mass is 260 g/mol. The maximum absolute atomic E-state index is 11.8. The maximum Gasteiger partial charge on any atom is 0.317 e.